The van der Waals surface area contributed by atoms with Gasteiger partial charge in [0.15, 0.2) is 5.79 Å². The highest BCUT2D eigenvalue weighted by Crippen LogP contribution is 2.43. The zero-order valence-corrected chi connectivity index (χ0v) is 23.0. The average Bonchev–Trinajstić information content (AvgIpc) is 3.39. The predicted octanol–water partition coefficient (Wildman–Crippen LogP) is 5.75. The predicted molar refractivity (Wildman–Crippen MR) is 150 cm³/mol. The molecule has 0 aromatic heterocycles. The summed E-state index contributed by atoms with van der Waals surface area (Å²) in [5.74, 6) is -0.385. The van der Waals surface area contributed by atoms with E-state index in [0.717, 1.165) is 35.3 Å². The smallest absolute Gasteiger partial charge is 0.260 e. The Morgan fingerprint density at radius 3 is 2.53 bits per heavy atom. The molecule has 2 unspecified atom stereocenters. The summed E-state index contributed by atoms with van der Waals surface area (Å²) in [6, 6.07) is 15.7. The van der Waals surface area contributed by atoms with Crippen molar-refractivity contribution < 1.29 is 19.1 Å². The number of carbonyl (C=O) groups is 2. The van der Waals surface area contributed by atoms with E-state index in [9.17, 15) is 9.59 Å². The molecule has 2 atom stereocenters. The monoisotopic (exact) mass is 552 g/mol. The molecular formula is C30H33ClN2O4S. The van der Waals surface area contributed by atoms with Crippen molar-refractivity contribution >= 4 is 41.3 Å². The van der Waals surface area contributed by atoms with Crippen LogP contribution in [0, 0.1) is 0 Å². The van der Waals surface area contributed by atoms with Crippen LogP contribution >= 0.6 is 23.4 Å². The zero-order chi connectivity index (χ0) is 26.1. The fraction of sp³-hybridized carbons (Fsp3) is 0.467. The molecule has 200 valence electrons. The van der Waals surface area contributed by atoms with E-state index in [2.05, 4.69) is 4.90 Å². The van der Waals surface area contributed by atoms with Crippen LogP contribution in [-0.4, -0.2) is 65.0 Å². The summed E-state index contributed by atoms with van der Waals surface area (Å²) in [5, 5.41) is 1.10. The quantitative estimate of drug-likeness (QED) is 0.452. The van der Waals surface area contributed by atoms with Crippen LogP contribution < -0.4 is 0 Å². The lowest BCUT2D eigenvalue weighted by Gasteiger charge is -2.44. The van der Waals surface area contributed by atoms with Crippen LogP contribution in [0.5, 0.6) is 0 Å². The van der Waals surface area contributed by atoms with Crippen molar-refractivity contribution in [2.45, 2.75) is 62.1 Å². The molecule has 1 saturated carbocycles. The lowest BCUT2D eigenvalue weighted by molar-refractivity contribution is -0.181. The summed E-state index contributed by atoms with van der Waals surface area (Å²) in [6.07, 6.45) is 7.92. The Balaban J connectivity index is 1.16. The molecule has 38 heavy (non-hydrogen) atoms. The van der Waals surface area contributed by atoms with E-state index >= 15 is 0 Å². The Morgan fingerprint density at radius 1 is 1.05 bits per heavy atom. The second kappa shape index (κ2) is 11.0. The van der Waals surface area contributed by atoms with Crippen molar-refractivity contribution in [3.05, 3.63) is 75.1 Å². The number of ether oxygens (including phenoxy) is 2. The maximum absolute atomic E-state index is 13.7. The number of amides is 2. The van der Waals surface area contributed by atoms with E-state index in [0.29, 0.717) is 61.5 Å². The van der Waals surface area contributed by atoms with Gasteiger partial charge in [-0.2, -0.15) is 0 Å². The molecule has 6 nitrogen and oxygen atoms in total. The molecular weight excluding hydrogens is 520 g/mol. The topological polar surface area (TPSA) is 59.1 Å². The van der Waals surface area contributed by atoms with E-state index < -0.39 is 5.79 Å². The lowest BCUT2D eigenvalue weighted by Crippen LogP contribution is -2.50. The van der Waals surface area contributed by atoms with Crippen LogP contribution in [0.1, 0.15) is 60.0 Å². The van der Waals surface area contributed by atoms with Gasteiger partial charge in [-0.15, -0.1) is 11.8 Å². The molecule has 3 heterocycles. The number of hydrogen-bond acceptors (Lipinski definition) is 5. The van der Waals surface area contributed by atoms with Gasteiger partial charge in [0.05, 0.1) is 18.1 Å². The van der Waals surface area contributed by atoms with Gasteiger partial charge in [0.2, 0.25) is 0 Å². The second-order valence-corrected chi connectivity index (χ2v) is 12.3. The van der Waals surface area contributed by atoms with E-state index in [4.69, 9.17) is 21.1 Å². The van der Waals surface area contributed by atoms with Crippen molar-refractivity contribution in [1.29, 1.82) is 0 Å². The SMILES string of the molecule is O=C(c1ccc(/C=C2/SC3CCCCC3N(Cc3cccc(Cl)c3)C2=O)cc1)N1CCC2(CC1)OCCO2. The Kier molecular flexibility index (Phi) is 7.54. The first-order valence-corrected chi connectivity index (χ1v) is 14.9. The van der Waals surface area contributed by atoms with Gasteiger partial charge >= 0.3 is 0 Å². The normalized spacial score (nSPS) is 26.1. The third-order valence-corrected chi connectivity index (χ3v) is 9.78. The molecule has 2 amide bonds. The molecule has 3 aliphatic heterocycles. The van der Waals surface area contributed by atoms with Crippen molar-refractivity contribution in [2.24, 2.45) is 0 Å². The number of fused-ring (bicyclic) bond motifs is 1. The van der Waals surface area contributed by atoms with Crippen molar-refractivity contribution in [3.8, 4) is 0 Å². The molecule has 4 fully saturated rings. The van der Waals surface area contributed by atoms with Gasteiger partial charge in [0, 0.05) is 54.4 Å². The van der Waals surface area contributed by atoms with Gasteiger partial charge < -0.3 is 19.3 Å². The minimum atomic E-state index is -0.491. The second-order valence-electron chi connectivity index (χ2n) is 10.6. The van der Waals surface area contributed by atoms with Crippen LogP contribution in [0.15, 0.2) is 53.4 Å². The number of rotatable bonds is 4. The van der Waals surface area contributed by atoms with Crippen molar-refractivity contribution in [3.63, 3.8) is 0 Å². The van der Waals surface area contributed by atoms with Gasteiger partial charge in [0.1, 0.15) is 0 Å². The van der Waals surface area contributed by atoms with Crippen LogP contribution in [0.4, 0.5) is 0 Å². The standard InChI is InChI=1S/C30H33ClN2O4S/c31-24-5-3-4-22(18-24)20-33-25-6-1-2-7-26(25)38-27(29(33)35)19-21-8-10-23(11-9-21)28(34)32-14-12-30(13-15-32)36-16-17-37-30/h3-5,8-11,18-19,25-26H,1-2,6-7,12-17,20H2/b27-19+. The third-order valence-electron chi connectivity index (χ3n) is 8.14. The number of carbonyl (C=O) groups excluding carboxylic acids is 2. The summed E-state index contributed by atoms with van der Waals surface area (Å²) >= 11 is 7.95. The Morgan fingerprint density at radius 2 is 1.79 bits per heavy atom. The number of hydrogen-bond donors (Lipinski definition) is 0. The van der Waals surface area contributed by atoms with Gasteiger partial charge in [0.25, 0.3) is 11.8 Å². The number of likely N-dealkylation sites (tertiary alicyclic amines) is 1. The molecule has 2 aromatic carbocycles. The summed E-state index contributed by atoms with van der Waals surface area (Å²) in [7, 11) is 0. The minimum Gasteiger partial charge on any atom is -0.347 e. The molecule has 0 bridgehead atoms. The van der Waals surface area contributed by atoms with Crippen molar-refractivity contribution in [2.75, 3.05) is 26.3 Å². The zero-order valence-electron chi connectivity index (χ0n) is 21.4. The fourth-order valence-corrected chi connectivity index (χ4v) is 7.77. The number of halogens is 1. The molecule has 0 N–H and O–H groups in total. The number of benzene rings is 2. The highest BCUT2D eigenvalue weighted by Gasteiger charge is 2.42. The number of piperidine rings is 1. The van der Waals surface area contributed by atoms with E-state index in [1.54, 1.807) is 11.8 Å². The van der Waals surface area contributed by atoms with Crippen LogP contribution in [-0.2, 0) is 20.8 Å². The Hall–Kier alpha value is -2.32. The minimum absolute atomic E-state index is 0.0258. The Bertz CT molecular complexity index is 1220. The molecule has 2 aromatic rings. The summed E-state index contributed by atoms with van der Waals surface area (Å²) in [4.78, 5) is 31.5. The molecule has 3 saturated heterocycles. The van der Waals surface area contributed by atoms with E-state index in [1.807, 2.05) is 59.5 Å². The summed E-state index contributed by atoms with van der Waals surface area (Å²) in [5.41, 5.74) is 2.65. The summed E-state index contributed by atoms with van der Waals surface area (Å²) < 4.78 is 11.6. The first kappa shape index (κ1) is 25.9. The first-order chi connectivity index (χ1) is 18.5. The highest BCUT2D eigenvalue weighted by atomic mass is 35.5. The molecule has 1 spiro atoms. The maximum atomic E-state index is 13.7. The fourth-order valence-electron chi connectivity index (χ4n) is 6.09. The highest BCUT2D eigenvalue weighted by molar-refractivity contribution is 8.04. The largest absolute Gasteiger partial charge is 0.347 e. The van der Waals surface area contributed by atoms with Crippen LogP contribution in [0.25, 0.3) is 6.08 Å². The Labute approximate surface area is 233 Å². The van der Waals surface area contributed by atoms with Gasteiger partial charge in [-0.25, -0.2) is 0 Å². The molecule has 0 radical (unpaired) electrons. The number of nitrogens with zero attached hydrogens (tertiary/aromatic N) is 2. The third kappa shape index (κ3) is 5.39. The lowest BCUT2D eigenvalue weighted by atomic mass is 9.92. The first-order valence-electron chi connectivity index (χ1n) is 13.6. The molecule has 8 heteroatoms. The molecule has 4 aliphatic rings. The molecule has 6 rings (SSSR count). The van der Waals surface area contributed by atoms with Crippen LogP contribution in [0.3, 0.4) is 0 Å². The van der Waals surface area contributed by atoms with Crippen molar-refractivity contribution in [1.82, 2.24) is 9.80 Å². The summed E-state index contributed by atoms with van der Waals surface area (Å²) in [6.45, 7) is 3.08. The molecule has 1 aliphatic carbocycles. The number of thioether (sulfide) groups is 1. The maximum Gasteiger partial charge on any atom is 0.260 e. The van der Waals surface area contributed by atoms with E-state index in [1.165, 1.54) is 6.42 Å². The van der Waals surface area contributed by atoms with E-state index in [-0.39, 0.29) is 17.9 Å². The van der Waals surface area contributed by atoms with Crippen LogP contribution in [0.2, 0.25) is 5.02 Å². The average molecular weight is 553 g/mol. The van der Waals surface area contributed by atoms with Gasteiger partial charge in [-0.05, 0) is 54.3 Å². The van der Waals surface area contributed by atoms with Gasteiger partial charge in [-0.3, -0.25) is 9.59 Å². The van der Waals surface area contributed by atoms with Gasteiger partial charge in [-0.1, -0.05) is 48.7 Å².